The van der Waals surface area contributed by atoms with Crippen molar-refractivity contribution in [3.63, 3.8) is 0 Å². The Morgan fingerprint density at radius 1 is 0.373 bits per heavy atom. The Bertz CT molecular complexity index is 2920. The van der Waals surface area contributed by atoms with Crippen LogP contribution in [-0.4, -0.2) is 351 Å². The van der Waals surface area contributed by atoms with Gasteiger partial charge in [-0.05, 0) is 116 Å². The molecule has 0 aromatic heterocycles. The standard InChI is InChI=1S/C84H148N10O32/c1-55(98)90-69-75(110)72(107)62(51-95)124-78(69)118-43-21-29-59(101)27-13-7-6-8-18-40-87-81(113)121-46-24-35-84(93-67(105)34-33-60(102)28-14-15-32-68(106)94-50-61(117-5)49-58(94)54-116-4,36-25-47-122-82(114)88-41-19-11-9-16-38-85-65(103)30-22-44-119-79-70(91-56(2)99)76(111)73(108)63(52-96)125-79)37-26-48-123-83(115)89-42-20-12-10-17-39-86-66(104)31-23-45-120-80-71(92-57(3)100)77(112)74(109)64(53-97)126-80/h58,61-64,69-80,95-97,107-112H,6-54H2,1-5H3,(H,85,103)(H,86,104)(H,87,113)(H,88,114)(H,89,115)(H,90,98)(H,91,99)(H,92,100)(H,93,105)/t58-,61+,62?,63?,64?,69?,70?,71?,72?,73?,74?,75?,76?,77?,78?,79?,80?,84?/m1/s1. The van der Waals surface area contributed by atoms with Crippen LogP contribution in [0, 0.1) is 0 Å². The number of ether oxygens (including phenoxy) is 11. The van der Waals surface area contributed by atoms with Crippen LogP contribution >= 0.6 is 0 Å². The average molecular weight is 1810 g/mol. The van der Waals surface area contributed by atoms with Crippen molar-refractivity contribution >= 4 is 71.2 Å². The first-order chi connectivity index (χ1) is 60.5. The minimum Gasteiger partial charge on any atom is -0.450 e. The molecule has 726 valence electrons. The van der Waals surface area contributed by atoms with Crippen LogP contribution in [0.25, 0.3) is 0 Å². The number of carbonyl (C=O) groups is 12. The Morgan fingerprint density at radius 2 is 0.706 bits per heavy atom. The third-order valence-electron chi connectivity index (χ3n) is 22.2. The number of alkyl carbamates (subject to hydrolysis) is 3. The van der Waals surface area contributed by atoms with Gasteiger partial charge in [0, 0.05) is 131 Å². The Kier molecular flexibility index (Phi) is 56.9. The zero-order chi connectivity index (χ0) is 92.6. The van der Waals surface area contributed by atoms with E-state index in [0.717, 1.165) is 44.9 Å². The van der Waals surface area contributed by atoms with Crippen molar-refractivity contribution in [3.8, 4) is 0 Å². The minimum atomic E-state index is -1.46. The van der Waals surface area contributed by atoms with E-state index in [2.05, 4.69) is 47.9 Å². The van der Waals surface area contributed by atoms with Gasteiger partial charge < -0.3 is 151 Å². The van der Waals surface area contributed by atoms with Gasteiger partial charge in [-0.15, -0.1) is 0 Å². The summed E-state index contributed by atoms with van der Waals surface area (Å²) in [4.78, 5) is 155. The van der Waals surface area contributed by atoms with E-state index in [1.54, 1.807) is 19.1 Å². The molecule has 17 atom stereocenters. The molecular formula is C84H148N10O32. The van der Waals surface area contributed by atoms with Crippen molar-refractivity contribution in [3.05, 3.63) is 0 Å². The molecule has 4 fully saturated rings. The molecule has 0 aromatic rings. The highest BCUT2D eigenvalue weighted by molar-refractivity contribution is 5.85. The first-order valence-electron chi connectivity index (χ1n) is 44.9. The number of aliphatic hydroxyl groups is 9. The highest BCUT2D eigenvalue weighted by Crippen LogP contribution is 2.30. The first kappa shape index (κ1) is 111. The number of ketones is 2. The molecule has 0 radical (unpaired) electrons. The van der Waals surface area contributed by atoms with Crippen LogP contribution in [0.15, 0.2) is 0 Å². The molecule has 42 nitrogen and oxygen atoms in total. The third-order valence-corrected chi connectivity index (χ3v) is 22.2. The fraction of sp³-hybridized carbons (Fsp3) is 0.857. The number of nitrogens with zero attached hydrogens (tertiary/aromatic N) is 1. The number of carbonyl (C=O) groups excluding carboxylic acids is 12. The van der Waals surface area contributed by atoms with Gasteiger partial charge in [-0.2, -0.15) is 0 Å². The Balaban J connectivity index is 1.29. The van der Waals surface area contributed by atoms with Gasteiger partial charge in [-0.25, -0.2) is 14.4 Å². The molecule has 4 saturated heterocycles. The average Bonchev–Trinajstić information content (AvgIpc) is 0.960. The second kappa shape index (κ2) is 64.5. The van der Waals surface area contributed by atoms with E-state index in [-0.39, 0.29) is 177 Å². The molecule has 0 saturated carbocycles. The molecule has 4 aliphatic rings. The molecule has 10 amide bonds. The number of hydrogen-bond donors (Lipinski definition) is 18. The molecule has 18 N–H and O–H groups in total. The lowest BCUT2D eigenvalue weighted by molar-refractivity contribution is -0.270. The van der Waals surface area contributed by atoms with Crippen LogP contribution < -0.4 is 47.9 Å². The topological polar surface area (TPSA) is 600 Å². The fourth-order valence-corrected chi connectivity index (χ4v) is 15.3. The smallest absolute Gasteiger partial charge is 0.407 e. The number of nitrogens with one attached hydrogen (secondary N) is 9. The predicted octanol–water partition coefficient (Wildman–Crippen LogP) is 0.0170. The summed E-state index contributed by atoms with van der Waals surface area (Å²) >= 11 is 0. The van der Waals surface area contributed by atoms with Crippen molar-refractivity contribution in [2.45, 2.75) is 342 Å². The van der Waals surface area contributed by atoms with Gasteiger partial charge in [0.05, 0.1) is 78.2 Å². The number of likely N-dealkylation sites (tertiary alicyclic amines) is 1. The SMILES string of the molecule is COC[C@H]1C[C@H](OC)CN1C(=O)CCCCC(=O)CCC(=O)NC(CCCOC(=O)NCCCCCCCC(=O)CCCOC1OC(CO)C(O)C(O)C1NC(C)=O)(CCCOC(=O)NCCCCCCNC(=O)CCCOC1OC(CO)C(O)C(O)C1NC(C)=O)CCCOC(=O)NCCCCCCNC(=O)CCCOC1OC(CO)C(O)C(O)C1NC(C)=O. The summed E-state index contributed by atoms with van der Waals surface area (Å²) in [5.74, 6) is -2.57. The van der Waals surface area contributed by atoms with Crippen LogP contribution in [-0.2, 0) is 95.3 Å². The van der Waals surface area contributed by atoms with Gasteiger partial charge in [-0.3, -0.25) is 43.2 Å². The molecule has 4 rings (SSSR count). The highest BCUT2D eigenvalue weighted by Gasteiger charge is 2.48. The summed E-state index contributed by atoms with van der Waals surface area (Å²) in [7, 11) is 3.18. The number of methoxy groups -OCH3 is 2. The Morgan fingerprint density at radius 3 is 1.07 bits per heavy atom. The lowest BCUT2D eigenvalue weighted by atomic mass is 9.83. The number of hydrogen-bond acceptors (Lipinski definition) is 32. The zero-order valence-electron chi connectivity index (χ0n) is 74.3. The summed E-state index contributed by atoms with van der Waals surface area (Å²) in [6.45, 7) is 4.33. The predicted molar refractivity (Wildman–Crippen MR) is 449 cm³/mol. The van der Waals surface area contributed by atoms with E-state index >= 15 is 0 Å². The van der Waals surface area contributed by atoms with Crippen molar-refractivity contribution < 1.29 is 156 Å². The number of aliphatic hydroxyl groups excluding tert-OH is 9. The highest BCUT2D eigenvalue weighted by atomic mass is 16.7. The molecule has 4 aliphatic heterocycles. The molecular weight excluding hydrogens is 1660 g/mol. The molecule has 0 aliphatic carbocycles. The van der Waals surface area contributed by atoms with Crippen LogP contribution in [0.2, 0.25) is 0 Å². The van der Waals surface area contributed by atoms with Crippen molar-refractivity contribution in [2.75, 3.05) is 120 Å². The van der Waals surface area contributed by atoms with Gasteiger partial charge in [0.25, 0.3) is 0 Å². The molecule has 0 bridgehead atoms. The minimum absolute atomic E-state index is 0.0203. The molecule has 126 heavy (non-hydrogen) atoms. The van der Waals surface area contributed by atoms with Gasteiger partial charge >= 0.3 is 18.3 Å². The number of amides is 10. The molecule has 15 unspecified atom stereocenters. The molecule has 42 heteroatoms. The van der Waals surface area contributed by atoms with Gasteiger partial charge in [0.15, 0.2) is 18.9 Å². The summed E-state index contributed by atoms with van der Waals surface area (Å²) in [5, 5.41) is 116. The summed E-state index contributed by atoms with van der Waals surface area (Å²) in [5.41, 5.74) is -1.07. The van der Waals surface area contributed by atoms with Crippen molar-refractivity contribution in [2.24, 2.45) is 0 Å². The van der Waals surface area contributed by atoms with E-state index < -0.39 is 159 Å². The van der Waals surface area contributed by atoms with Crippen LogP contribution in [0.1, 0.15) is 233 Å². The Hall–Kier alpha value is -7.24. The lowest BCUT2D eigenvalue weighted by Crippen LogP contribution is -2.64. The summed E-state index contributed by atoms with van der Waals surface area (Å²) < 4.78 is 61.5. The monoisotopic (exact) mass is 1810 g/mol. The second-order valence-electron chi connectivity index (χ2n) is 32.6. The second-order valence-corrected chi connectivity index (χ2v) is 32.6. The maximum Gasteiger partial charge on any atom is 0.407 e. The van der Waals surface area contributed by atoms with E-state index in [1.165, 1.54) is 20.8 Å². The molecule has 4 heterocycles. The maximum atomic E-state index is 14.2. The lowest BCUT2D eigenvalue weighted by Gasteiger charge is -2.42. The summed E-state index contributed by atoms with van der Waals surface area (Å²) in [6, 6.07) is -3.40. The number of Topliss-reactive ketones (excluding diaryl/α,β-unsaturated/α-hetero) is 2. The van der Waals surface area contributed by atoms with E-state index in [9.17, 15) is 103 Å². The zero-order valence-corrected chi connectivity index (χ0v) is 74.3. The van der Waals surface area contributed by atoms with E-state index in [0.29, 0.717) is 117 Å². The number of unbranched alkanes of at least 4 members (excludes halogenated alkanes) is 11. The summed E-state index contributed by atoms with van der Waals surface area (Å²) in [6.07, 6.45) is -4.00. The first-order valence-corrected chi connectivity index (χ1v) is 44.9. The van der Waals surface area contributed by atoms with Crippen LogP contribution in [0.4, 0.5) is 14.4 Å². The van der Waals surface area contributed by atoms with Gasteiger partial charge in [0.1, 0.15) is 84.6 Å². The van der Waals surface area contributed by atoms with Crippen LogP contribution in [0.3, 0.4) is 0 Å². The van der Waals surface area contributed by atoms with Crippen molar-refractivity contribution in [1.82, 2.24) is 52.8 Å². The maximum absolute atomic E-state index is 14.2. The van der Waals surface area contributed by atoms with Crippen LogP contribution in [0.5, 0.6) is 0 Å². The Labute approximate surface area is 738 Å². The molecule has 0 spiro atoms. The van der Waals surface area contributed by atoms with Crippen molar-refractivity contribution in [1.29, 1.82) is 0 Å². The molecule has 0 aromatic carbocycles. The third kappa shape index (κ3) is 44.9. The fourth-order valence-electron chi connectivity index (χ4n) is 15.3. The largest absolute Gasteiger partial charge is 0.450 e. The van der Waals surface area contributed by atoms with E-state index in [4.69, 9.17) is 52.1 Å². The normalized spacial score (nSPS) is 24.5. The van der Waals surface area contributed by atoms with E-state index in [1.807, 2.05) is 0 Å². The van der Waals surface area contributed by atoms with Gasteiger partial charge in [-0.1, -0.05) is 44.9 Å². The van der Waals surface area contributed by atoms with Gasteiger partial charge in [0.2, 0.25) is 41.4 Å². The quantitative estimate of drug-likeness (QED) is 0.0282. The number of rotatable bonds is 67.